The quantitative estimate of drug-likeness (QED) is 0.0532. The van der Waals surface area contributed by atoms with Gasteiger partial charge in [-0.25, -0.2) is 4.18 Å². The molecule has 0 unspecified atom stereocenters. The van der Waals surface area contributed by atoms with E-state index in [-0.39, 0.29) is 13.0 Å². The molecule has 5 N–H and O–H groups in total. The normalized spacial score (nSPS) is 24.6. The second-order valence-electron chi connectivity index (χ2n) is 9.88. The van der Waals surface area contributed by atoms with Crippen LogP contribution in [0, 0.1) is 0 Å². The molecule has 1 aliphatic rings. The number of carbonyl (C=O) groups excluding carboxylic acids is 1. The van der Waals surface area contributed by atoms with Crippen LogP contribution in [0.15, 0.2) is 24.3 Å². The first-order valence-corrected chi connectivity index (χ1v) is 15.5. The Morgan fingerprint density at radius 3 is 2.15 bits per heavy atom. The zero-order valence-electron chi connectivity index (χ0n) is 23.4. The molecule has 0 aromatic carbocycles. The fourth-order valence-electron chi connectivity index (χ4n) is 3.94. The lowest BCUT2D eigenvalue weighted by Crippen LogP contribution is -2.59. The molecular formula is C27H48O12S. The summed E-state index contributed by atoms with van der Waals surface area (Å²) in [7, 11) is -4.83. The summed E-state index contributed by atoms with van der Waals surface area (Å²) >= 11 is 0. The van der Waals surface area contributed by atoms with Gasteiger partial charge in [-0.1, -0.05) is 63.3 Å². The van der Waals surface area contributed by atoms with Crippen LogP contribution >= 0.6 is 0 Å². The monoisotopic (exact) mass is 596 g/mol. The van der Waals surface area contributed by atoms with E-state index in [0.29, 0.717) is 6.42 Å². The summed E-state index contributed by atoms with van der Waals surface area (Å²) in [5, 5.41) is 39.8. The average Bonchev–Trinajstić information content (AvgIpc) is 2.91. The van der Waals surface area contributed by atoms with Crippen LogP contribution < -0.4 is 0 Å². The highest BCUT2D eigenvalue weighted by Crippen LogP contribution is 2.23. The van der Waals surface area contributed by atoms with Gasteiger partial charge in [0.15, 0.2) is 6.29 Å². The van der Waals surface area contributed by atoms with Crippen LogP contribution in [-0.4, -0.2) is 96.0 Å². The lowest BCUT2D eigenvalue weighted by Gasteiger charge is -2.40. The summed E-state index contributed by atoms with van der Waals surface area (Å²) in [5.41, 5.74) is 0. The number of unbranched alkanes of at least 4 members (excludes halogenated alkanes) is 8. The molecule has 234 valence electrons. The largest absolute Gasteiger partial charge is 0.463 e. The summed E-state index contributed by atoms with van der Waals surface area (Å²) in [6, 6.07) is 0. The second-order valence-corrected chi connectivity index (χ2v) is 11.0. The van der Waals surface area contributed by atoms with Gasteiger partial charge in [0, 0.05) is 6.42 Å². The van der Waals surface area contributed by atoms with Gasteiger partial charge >= 0.3 is 16.4 Å². The van der Waals surface area contributed by atoms with Crippen LogP contribution in [0.2, 0.25) is 0 Å². The Morgan fingerprint density at radius 1 is 0.875 bits per heavy atom. The van der Waals surface area contributed by atoms with E-state index in [1.54, 1.807) is 0 Å². The van der Waals surface area contributed by atoms with Crippen LogP contribution in [0.25, 0.3) is 0 Å². The lowest BCUT2D eigenvalue weighted by atomic mass is 9.99. The number of carbonyl (C=O) groups is 1. The molecule has 0 bridgehead atoms. The first-order valence-electron chi connectivity index (χ1n) is 14.1. The molecule has 0 radical (unpaired) electrons. The van der Waals surface area contributed by atoms with Crippen molar-refractivity contribution in [2.24, 2.45) is 0 Å². The highest BCUT2D eigenvalue weighted by Gasteiger charge is 2.45. The fourth-order valence-corrected chi connectivity index (χ4v) is 4.25. The minimum absolute atomic E-state index is 0.224. The molecule has 1 fully saturated rings. The summed E-state index contributed by atoms with van der Waals surface area (Å²) in [6.07, 6.45) is 11.4. The summed E-state index contributed by atoms with van der Waals surface area (Å²) in [4.78, 5) is 11.9. The number of rotatable bonds is 22. The van der Waals surface area contributed by atoms with Gasteiger partial charge in [0.2, 0.25) is 0 Å². The number of allylic oxidation sites excluding steroid dienone is 4. The Balaban J connectivity index is 2.11. The van der Waals surface area contributed by atoms with Crippen molar-refractivity contribution in [1.29, 1.82) is 0 Å². The molecule has 1 saturated heterocycles. The van der Waals surface area contributed by atoms with E-state index in [0.717, 1.165) is 44.9 Å². The molecule has 0 aromatic rings. The van der Waals surface area contributed by atoms with E-state index < -0.39 is 66.4 Å². The summed E-state index contributed by atoms with van der Waals surface area (Å²) in [5.74, 6) is -0.459. The van der Waals surface area contributed by atoms with Crippen molar-refractivity contribution in [2.45, 2.75) is 121 Å². The smallest absolute Gasteiger partial charge is 0.397 e. The third kappa shape index (κ3) is 17.4. The number of ether oxygens (including phenoxy) is 3. The minimum atomic E-state index is -4.83. The fraction of sp³-hybridized carbons (Fsp3) is 0.815. The zero-order chi connectivity index (χ0) is 29.8. The van der Waals surface area contributed by atoms with Crippen LogP contribution in [0.3, 0.4) is 0 Å². The Labute approximate surface area is 237 Å². The van der Waals surface area contributed by atoms with E-state index in [2.05, 4.69) is 35.4 Å². The predicted molar refractivity (Wildman–Crippen MR) is 146 cm³/mol. The Kier molecular flexibility index (Phi) is 19.5. The van der Waals surface area contributed by atoms with Gasteiger partial charge in [-0.15, -0.1) is 0 Å². The molecule has 0 spiro atoms. The number of aliphatic hydroxyl groups is 4. The van der Waals surface area contributed by atoms with Gasteiger partial charge in [0.1, 0.15) is 37.1 Å². The third-order valence-electron chi connectivity index (χ3n) is 6.27. The van der Waals surface area contributed by atoms with Crippen molar-refractivity contribution >= 4 is 16.4 Å². The van der Waals surface area contributed by atoms with Gasteiger partial charge in [0.25, 0.3) is 0 Å². The summed E-state index contributed by atoms with van der Waals surface area (Å²) < 4.78 is 49.7. The van der Waals surface area contributed by atoms with Crippen molar-refractivity contribution in [3.8, 4) is 0 Å². The maximum atomic E-state index is 11.9. The molecule has 0 aromatic heterocycles. The summed E-state index contributed by atoms with van der Waals surface area (Å²) in [6.45, 7) is 0.546. The van der Waals surface area contributed by atoms with E-state index in [1.807, 2.05) is 0 Å². The molecular weight excluding hydrogens is 548 g/mol. The van der Waals surface area contributed by atoms with Gasteiger partial charge in [-0.3, -0.25) is 9.35 Å². The Bertz CT molecular complexity index is 831. The molecule has 1 heterocycles. The van der Waals surface area contributed by atoms with Crippen LogP contribution in [0.4, 0.5) is 0 Å². The zero-order valence-corrected chi connectivity index (χ0v) is 24.2. The van der Waals surface area contributed by atoms with Crippen molar-refractivity contribution < 1.29 is 56.6 Å². The molecule has 0 amide bonds. The van der Waals surface area contributed by atoms with Crippen molar-refractivity contribution in [2.75, 3.05) is 19.8 Å². The van der Waals surface area contributed by atoms with Crippen molar-refractivity contribution in [3.63, 3.8) is 0 Å². The number of esters is 1. The van der Waals surface area contributed by atoms with Crippen LogP contribution in [0.1, 0.15) is 84.0 Å². The maximum absolute atomic E-state index is 11.9. The van der Waals surface area contributed by atoms with E-state index in [1.165, 1.54) is 19.3 Å². The molecule has 0 aliphatic carbocycles. The molecule has 13 heteroatoms. The molecule has 40 heavy (non-hydrogen) atoms. The minimum Gasteiger partial charge on any atom is -0.463 e. The van der Waals surface area contributed by atoms with Gasteiger partial charge < -0.3 is 34.6 Å². The molecule has 0 saturated carbocycles. The average molecular weight is 597 g/mol. The van der Waals surface area contributed by atoms with Crippen molar-refractivity contribution in [3.05, 3.63) is 24.3 Å². The van der Waals surface area contributed by atoms with Crippen molar-refractivity contribution in [1.82, 2.24) is 0 Å². The van der Waals surface area contributed by atoms with Crippen LogP contribution in [-0.2, 0) is 33.6 Å². The topological polar surface area (TPSA) is 189 Å². The first kappa shape index (κ1) is 36.6. The van der Waals surface area contributed by atoms with E-state index in [4.69, 9.17) is 18.8 Å². The Hall–Kier alpha value is -1.42. The second kappa shape index (κ2) is 21.3. The standard InChI is InChI=1S/C27H48O12S/c1-2-3-4-5-6-7-8-9-10-11-12-13-14-15-16-17-23(29)36-18-21(28)19-37-27-26(32)25(31)24(30)22(39-27)20-38-40(33,34)35/h6-7,9-10,21-22,24-28,30-32H,2-5,8,11-20H2,1H3,(H,33,34,35)/b7-6-,10-9-/t21-,22-,24-,25+,26-,27+/m1/s1. The van der Waals surface area contributed by atoms with Gasteiger partial charge in [-0.05, 0) is 38.5 Å². The highest BCUT2D eigenvalue weighted by molar-refractivity contribution is 7.80. The third-order valence-corrected chi connectivity index (χ3v) is 6.70. The van der Waals surface area contributed by atoms with Gasteiger partial charge in [-0.2, -0.15) is 8.42 Å². The number of aliphatic hydroxyl groups excluding tert-OH is 4. The molecule has 1 aliphatic heterocycles. The van der Waals surface area contributed by atoms with Crippen LogP contribution in [0.5, 0.6) is 0 Å². The first-order chi connectivity index (χ1) is 19.0. The van der Waals surface area contributed by atoms with Gasteiger partial charge in [0.05, 0.1) is 13.2 Å². The number of hydrogen-bond acceptors (Lipinski definition) is 11. The Morgan fingerprint density at radius 2 is 1.50 bits per heavy atom. The highest BCUT2D eigenvalue weighted by atomic mass is 32.3. The maximum Gasteiger partial charge on any atom is 0.397 e. The molecule has 12 nitrogen and oxygen atoms in total. The lowest BCUT2D eigenvalue weighted by molar-refractivity contribution is -0.303. The van der Waals surface area contributed by atoms with E-state index in [9.17, 15) is 33.6 Å². The molecule has 6 atom stereocenters. The molecule has 1 rings (SSSR count). The predicted octanol–water partition coefficient (Wildman–Crippen LogP) is 2.35. The SMILES string of the molecule is CCCCC/C=C\C/C=C\CCCCCCCC(=O)OC[C@@H](O)CO[C@H]1O[C@H](COS(=O)(=O)O)[C@@H](O)[C@H](O)[C@H]1O. The number of hydrogen-bond donors (Lipinski definition) is 5. The van der Waals surface area contributed by atoms with E-state index >= 15 is 0 Å².